The number of carbonyl (C=O) groups is 1. The number of hydrogen-bond donors (Lipinski definition) is 0. The fourth-order valence-electron chi connectivity index (χ4n) is 3.69. The lowest BCUT2D eigenvalue weighted by atomic mass is 9.73. The van der Waals surface area contributed by atoms with Gasteiger partial charge in [-0.2, -0.15) is 0 Å². The molecule has 2 aliphatic rings. The van der Waals surface area contributed by atoms with E-state index < -0.39 is 0 Å². The SMILES string of the molecule is CC1=CC(=O)[C@@H](C2CC=CCCC2)CC(C)(C)C1. The van der Waals surface area contributed by atoms with Gasteiger partial charge in [0.2, 0.25) is 0 Å². The summed E-state index contributed by atoms with van der Waals surface area (Å²) in [6.45, 7) is 6.72. The molecule has 0 spiro atoms. The van der Waals surface area contributed by atoms with E-state index in [0.717, 1.165) is 19.3 Å². The highest BCUT2D eigenvalue weighted by molar-refractivity contribution is 5.93. The molecule has 0 radical (unpaired) electrons. The summed E-state index contributed by atoms with van der Waals surface area (Å²) >= 11 is 0. The third-order valence-electron chi connectivity index (χ3n) is 4.40. The lowest BCUT2D eigenvalue weighted by Gasteiger charge is -2.30. The molecule has 2 atom stereocenters. The third kappa shape index (κ3) is 3.34. The minimum atomic E-state index is 0.250. The first-order chi connectivity index (χ1) is 8.48. The minimum absolute atomic E-state index is 0.250. The smallest absolute Gasteiger partial charge is 0.159 e. The average molecular weight is 246 g/mol. The van der Waals surface area contributed by atoms with E-state index in [1.54, 1.807) is 0 Å². The maximum Gasteiger partial charge on any atom is 0.159 e. The zero-order valence-electron chi connectivity index (χ0n) is 12.0. The molecule has 0 heterocycles. The molecule has 0 aromatic heterocycles. The zero-order valence-corrected chi connectivity index (χ0v) is 12.0. The summed E-state index contributed by atoms with van der Waals surface area (Å²) in [6.07, 6.45) is 13.4. The molecule has 0 bridgehead atoms. The quantitative estimate of drug-likeness (QED) is 0.614. The lowest BCUT2D eigenvalue weighted by Crippen LogP contribution is -2.26. The summed E-state index contributed by atoms with van der Waals surface area (Å²) in [4.78, 5) is 12.4. The van der Waals surface area contributed by atoms with Crippen molar-refractivity contribution in [1.82, 2.24) is 0 Å². The van der Waals surface area contributed by atoms with Crippen LogP contribution in [0.25, 0.3) is 0 Å². The van der Waals surface area contributed by atoms with Crippen molar-refractivity contribution in [2.75, 3.05) is 0 Å². The van der Waals surface area contributed by atoms with E-state index in [4.69, 9.17) is 0 Å². The fraction of sp³-hybridized carbons (Fsp3) is 0.706. The zero-order chi connectivity index (χ0) is 13.2. The Bertz CT molecular complexity index is 373. The molecular formula is C17H26O. The molecule has 0 amide bonds. The Morgan fingerprint density at radius 2 is 2.06 bits per heavy atom. The number of allylic oxidation sites excluding steroid dienone is 4. The van der Waals surface area contributed by atoms with E-state index in [1.165, 1.54) is 24.8 Å². The Balaban J connectivity index is 2.19. The van der Waals surface area contributed by atoms with Gasteiger partial charge in [0.05, 0.1) is 0 Å². The largest absolute Gasteiger partial charge is 0.295 e. The molecule has 18 heavy (non-hydrogen) atoms. The van der Waals surface area contributed by atoms with Gasteiger partial charge in [-0.1, -0.05) is 31.6 Å². The van der Waals surface area contributed by atoms with Gasteiger partial charge in [-0.05, 0) is 62.9 Å². The van der Waals surface area contributed by atoms with E-state index in [9.17, 15) is 4.79 Å². The van der Waals surface area contributed by atoms with Gasteiger partial charge in [-0.25, -0.2) is 0 Å². The van der Waals surface area contributed by atoms with Gasteiger partial charge in [-0.3, -0.25) is 4.79 Å². The first kappa shape index (κ1) is 13.6. The average Bonchev–Trinajstić information content (AvgIpc) is 2.56. The van der Waals surface area contributed by atoms with Crippen LogP contribution in [0, 0.1) is 17.3 Å². The molecule has 100 valence electrons. The second kappa shape index (κ2) is 5.42. The Hall–Kier alpha value is -0.850. The van der Waals surface area contributed by atoms with Crippen molar-refractivity contribution in [3.63, 3.8) is 0 Å². The van der Waals surface area contributed by atoms with Crippen molar-refractivity contribution in [3.8, 4) is 0 Å². The molecule has 2 aliphatic carbocycles. The Morgan fingerprint density at radius 3 is 2.83 bits per heavy atom. The molecule has 0 saturated carbocycles. The van der Waals surface area contributed by atoms with Gasteiger partial charge < -0.3 is 0 Å². The van der Waals surface area contributed by atoms with E-state index in [0.29, 0.717) is 11.7 Å². The van der Waals surface area contributed by atoms with Crippen LogP contribution >= 0.6 is 0 Å². The van der Waals surface area contributed by atoms with Crippen LogP contribution in [0.3, 0.4) is 0 Å². The van der Waals surface area contributed by atoms with E-state index in [2.05, 4.69) is 32.9 Å². The van der Waals surface area contributed by atoms with Crippen LogP contribution < -0.4 is 0 Å². The molecule has 0 saturated heterocycles. The van der Waals surface area contributed by atoms with Crippen LogP contribution in [0.15, 0.2) is 23.8 Å². The first-order valence-corrected chi connectivity index (χ1v) is 7.34. The number of ketones is 1. The highest BCUT2D eigenvalue weighted by Gasteiger charge is 2.34. The second-order valence-electron chi connectivity index (χ2n) is 6.94. The van der Waals surface area contributed by atoms with Crippen molar-refractivity contribution in [2.24, 2.45) is 17.3 Å². The highest BCUT2D eigenvalue weighted by Crippen LogP contribution is 2.41. The van der Waals surface area contributed by atoms with Crippen molar-refractivity contribution in [2.45, 2.75) is 59.3 Å². The summed E-state index contributed by atoms with van der Waals surface area (Å²) in [7, 11) is 0. The predicted octanol–water partition coefficient (Wildman–Crippen LogP) is 4.68. The molecule has 0 N–H and O–H groups in total. The van der Waals surface area contributed by atoms with Crippen LogP contribution in [0.1, 0.15) is 59.3 Å². The van der Waals surface area contributed by atoms with E-state index in [-0.39, 0.29) is 11.3 Å². The van der Waals surface area contributed by atoms with Gasteiger partial charge >= 0.3 is 0 Å². The Morgan fingerprint density at radius 1 is 1.28 bits per heavy atom. The molecule has 1 nitrogen and oxygen atoms in total. The monoisotopic (exact) mass is 246 g/mol. The van der Waals surface area contributed by atoms with Crippen molar-refractivity contribution in [1.29, 1.82) is 0 Å². The summed E-state index contributed by atoms with van der Waals surface area (Å²) in [6, 6.07) is 0. The van der Waals surface area contributed by atoms with Gasteiger partial charge in [0, 0.05) is 5.92 Å². The summed E-state index contributed by atoms with van der Waals surface area (Å²) in [5, 5.41) is 0. The van der Waals surface area contributed by atoms with Crippen LogP contribution in [0.4, 0.5) is 0 Å². The van der Waals surface area contributed by atoms with Crippen LogP contribution in [-0.4, -0.2) is 5.78 Å². The second-order valence-corrected chi connectivity index (χ2v) is 6.94. The molecule has 0 aromatic carbocycles. The van der Waals surface area contributed by atoms with Gasteiger partial charge in [0.25, 0.3) is 0 Å². The maximum absolute atomic E-state index is 12.4. The van der Waals surface area contributed by atoms with E-state index in [1.807, 2.05) is 6.08 Å². The van der Waals surface area contributed by atoms with Crippen molar-refractivity contribution >= 4 is 5.78 Å². The molecule has 2 rings (SSSR count). The summed E-state index contributed by atoms with van der Waals surface area (Å²) in [5.41, 5.74) is 1.53. The number of rotatable bonds is 1. The third-order valence-corrected chi connectivity index (χ3v) is 4.40. The summed E-state index contributed by atoms with van der Waals surface area (Å²) < 4.78 is 0. The molecular weight excluding hydrogens is 220 g/mol. The van der Waals surface area contributed by atoms with Gasteiger partial charge in [0.1, 0.15) is 0 Å². The standard InChI is InChI=1S/C17H26O/c1-13-10-16(18)15(12-17(2,3)11-13)14-8-6-4-5-7-9-14/h4,6,10,14-15H,5,7-9,11-12H2,1-3H3/t14?,15-/m1/s1. The molecule has 1 unspecified atom stereocenters. The minimum Gasteiger partial charge on any atom is -0.295 e. The predicted molar refractivity (Wildman–Crippen MR) is 76.4 cm³/mol. The number of hydrogen-bond acceptors (Lipinski definition) is 1. The lowest BCUT2D eigenvalue weighted by molar-refractivity contribution is -0.120. The number of carbonyl (C=O) groups excluding carboxylic acids is 1. The molecule has 0 aliphatic heterocycles. The van der Waals surface area contributed by atoms with Crippen LogP contribution in [-0.2, 0) is 4.79 Å². The van der Waals surface area contributed by atoms with Crippen LogP contribution in [0.2, 0.25) is 0 Å². The fourth-order valence-corrected chi connectivity index (χ4v) is 3.69. The molecule has 1 heteroatoms. The van der Waals surface area contributed by atoms with Crippen LogP contribution in [0.5, 0.6) is 0 Å². The topological polar surface area (TPSA) is 17.1 Å². The molecule has 0 fully saturated rings. The van der Waals surface area contributed by atoms with E-state index >= 15 is 0 Å². The Labute approximate surface area is 111 Å². The Kier molecular flexibility index (Phi) is 4.09. The van der Waals surface area contributed by atoms with Gasteiger partial charge in [-0.15, -0.1) is 0 Å². The van der Waals surface area contributed by atoms with Gasteiger partial charge in [0.15, 0.2) is 5.78 Å². The van der Waals surface area contributed by atoms with Crippen molar-refractivity contribution in [3.05, 3.63) is 23.8 Å². The van der Waals surface area contributed by atoms with Crippen molar-refractivity contribution < 1.29 is 4.79 Å². The highest BCUT2D eigenvalue weighted by atomic mass is 16.1. The summed E-state index contributed by atoms with van der Waals surface area (Å²) in [5.74, 6) is 1.20. The maximum atomic E-state index is 12.4. The molecule has 0 aromatic rings. The first-order valence-electron chi connectivity index (χ1n) is 7.34. The normalized spacial score (nSPS) is 32.6.